The van der Waals surface area contributed by atoms with Crippen LogP contribution in [0.4, 0.5) is 0 Å². The van der Waals surface area contributed by atoms with Crippen LogP contribution in [0.25, 0.3) is 0 Å². The summed E-state index contributed by atoms with van der Waals surface area (Å²) in [7, 11) is 0. The maximum atomic E-state index is 8.60. The van der Waals surface area contributed by atoms with E-state index in [2.05, 4.69) is 36.9 Å². The molecule has 1 aromatic carbocycles. The average Bonchev–Trinajstić information content (AvgIpc) is 2.16. The molecule has 0 fully saturated rings. The normalized spacial score (nSPS) is 8.71. The number of hydrogen-bond acceptors (Lipinski definition) is 2. The van der Waals surface area contributed by atoms with Crippen molar-refractivity contribution in [1.29, 1.82) is 0 Å². The smallest absolute Gasteiger partial charge is 0.204 e. The van der Waals surface area contributed by atoms with Gasteiger partial charge >= 0.3 is 0 Å². The van der Waals surface area contributed by atoms with Crippen LogP contribution in [0.1, 0.15) is 17.5 Å². The molecule has 0 atom stereocenters. The van der Waals surface area contributed by atoms with E-state index < -0.39 is 0 Å². The van der Waals surface area contributed by atoms with Crippen LogP contribution >= 0.6 is 0 Å². The number of carbonyl (C=O) groups excluding carboxylic acids is 1. The van der Waals surface area contributed by atoms with Gasteiger partial charge in [-0.3, -0.25) is 4.79 Å². The number of benzene rings is 1. The van der Waals surface area contributed by atoms with Crippen molar-refractivity contribution in [2.75, 3.05) is 6.61 Å². The van der Waals surface area contributed by atoms with Gasteiger partial charge in [-0.1, -0.05) is 29.8 Å². The van der Waals surface area contributed by atoms with Gasteiger partial charge in [0.2, 0.25) is 6.41 Å². The predicted octanol–water partition coefficient (Wildman–Crippen LogP) is 1.02. The predicted molar refractivity (Wildman–Crippen MR) is 56.8 cm³/mol. The zero-order valence-electron chi connectivity index (χ0n) is 8.44. The molecule has 0 radical (unpaired) electrons. The van der Waals surface area contributed by atoms with Crippen LogP contribution in [0.2, 0.25) is 0 Å². The van der Waals surface area contributed by atoms with Crippen molar-refractivity contribution in [3.8, 4) is 0 Å². The van der Waals surface area contributed by atoms with Crippen LogP contribution in [0.15, 0.2) is 24.3 Å². The third-order valence-corrected chi connectivity index (χ3v) is 1.71. The summed E-state index contributed by atoms with van der Waals surface area (Å²) in [6.45, 7) is 2.37. The highest BCUT2D eigenvalue weighted by Crippen LogP contribution is 2.05. The van der Waals surface area contributed by atoms with E-state index in [1.165, 1.54) is 11.1 Å². The third kappa shape index (κ3) is 6.20. The van der Waals surface area contributed by atoms with E-state index in [0.29, 0.717) is 0 Å². The molecule has 1 rings (SSSR count). The molecular formula is C11H17NO2. The minimum atomic E-state index is 0.250. The SMILES string of the molecule is Cc1cccc(CCCO)c1.NC=O. The summed E-state index contributed by atoms with van der Waals surface area (Å²) < 4.78 is 0. The van der Waals surface area contributed by atoms with Crippen molar-refractivity contribution < 1.29 is 9.90 Å². The summed E-state index contributed by atoms with van der Waals surface area (Å²) in [6.07, 6.45) is 2.10. The number of aliphatic hydroxyl groups excluding tert-OH is 1. The van der Waals surface area contributed by atoms with Crippen molar-refractivity contribution in [2.45, 2.75) is 19.8 Å². The van der Waals surface area contributed by atoms with Crippen LogP contribution < -0.4 is 5.73 Å². The van der Waals surface area contributed by atoms with Crippen LogP contribution in [0.3, 0.4) is 0 Å². The quantitative estimate of drug-likeness (QED) is 0.707. The Kier molecular flexibility index (Phi) is 7.46. The van der Waals surface area contributed by atoms with E-state index in [1.54, 1.807) is 0 Å². The second-order valence-electron chi connectivity index (χ2n) is 2.95. The fraction of sp³-hybridized carbons (Fsp3) is 0.364. The summed E-state index contributed by atoms with van der Waals surface area (Å²) in [5.41, 5.74) is 6.78. The number of aliphatic hydroxyl groups is 1. The maximum Gasteiger partial charge on any atom is 0.204 e. The van der Waals surface area contributed by atoms with E-state index >= 15 is 0 Å². The molecule has 0 bridgehead atoms. The molecule has 14 heavy (non-hydrogen) atoms. The van der Waals surface area contributed by atoms with E-state index in [9.17, 15) is 0 Å². The summed E-state index contributed by atoms with van der Waals surface area (Å²) in [5, 5.41) is 8.60. The minimum Gasteiger partial charge on any atom is -0.396 e. The summed E-state index contributed by atoms with van der Waals surface area (Å²) in [5.74, 6) is 0. The zero-order valence-corrected chi connectivity index (χ0v) is 8.44. The zero-order chi connectivity index (χ0) is 10.8. The number of aryl methyl sites for hydroxylation is 2. The fourth-order valence-electron chi connectivity index (χ4n) is 1.15. The number of nitrogens with two attached hydrogens (primary N) is 1. The molecule has 0 aliphatic carbocycles. The topological polar surface area (TPSA) is 63.3 Å². The number of amides is 1. The van der Waals surface area contributed by atoms with Gasteiger partial charge in [0.15, 0.2) is 0 Å². The molecule has 0 saturated heterocycles. The van der Waals surface area contributed by atoms with Crippen molar-refractivity contribution in [3.63, 3.8) is 0 Å². The van der Waals surface area contributed by atoms with Gasteiger partial charge in [0, 0.05) is 6.61 Å². The summed E-state index contributed by atoms with van der Waals surface area (Å²) in [4.78, 5) is 8.58. The Hall–Kier alpha value is -1.35. The average molecular weight is 195 g/mol. The molecule has 0 aliphatic heterocycles. The Morgan fingerprint density at radius 3 is 2.64 bits per heavy atom. The lowest BCUT2D eigenvalue weighted by Crippen LogP contribution is -1.89. The first-order valence-corrected chi connectivity index (χ1v) is 4.56. The molecule has 3 N–H and O–H groups in total. The van der Waals surface area contributed by atoms with Gasteiger partial charge in [0.25, 0.3) is 0 Å². The Morgan fingerprint density at radius 2 is 2.14 bits per heavy atom. The van der Waals surface area contributed by atoms with Gasteiger partial charge in [-0.25, -0.2) is 0 Å². The van der Waals surface area contributed by atoms with Crippen molar-refractivity contribution in [2.24, 2.45) is 5.73 Å². The first kappa shape index (κ1) is 12.7. The van der Waals surface area contributed by atoms with Crippen LogP contribution in [0, 0.1) is 6.92 Å². The Balaban J connectivity index is 0.000000500. The monoisotopic (exact) mass is 195 g/mol. The molecule has 0 spiro atoms. The molecule has 0 unspecified atom stereocenters. The Bertz CT molecular complexity index is 261. The molecule has 0 heterocycles. The van der Waals surface area contributed by atoms with E-state index in [4.69, 9.17) is 9.90 Å². The molecule has 0 saturated carbocycles. The molecule has 3 nitrogen and oxygen atoms in total. The van der Waals surface area contributed by atoms with E-state index in [0.717, 1.165) is 12.8 Å². The molecule has 3 heteroatoms. The lowest BCUT2D eigenvalue weighted by Gasteiger charge is -1.99. The molecule has 78 valence electrons. The number of rotatable bonds is 3. The lowest BCUT2D eigenvalue weighted by molar-refractivity contribution is -0.106. The van der Waals surface area contributed by atoms with Crippen molar-refractivity contribution in [1.82, 2.24) is 0 Å². The molecule has 0 aromatic heterocycles. The number of hydrogen-bond donors (Lipinski definition) is 2. The molecule has 0 aliphatic rings. The van der Waals surface area contributed by atoms with Crippen molar-refractivity contribution in [3.05, 3.63) is 35.4 Å². The summed E-state index contributed by atoms with van der Waals surface area (Å²) in [6, 6.07) is 8.41. The first-order valence-electron chi connectivity index (χ1n) is 4.56. The first-order chi connectivity index (χ1) is 6.74. The van der Waals surface area contributed by atoms with Crippen LogP contribution in [-0.2, 0) is 11.2 Å². The minimum absolute atomic E-state index is 0.250. The molecular weight excluding hydrogens is 178 g/mol. The Morgan fingerprint density at radius 1 is 1.50 bits per heavy atom. The van der Waals surface area contributed by atoms with Crippen LogP contribution in [0.5, 0.6) is 0 Å². The summed E-state index contributed by atoms with van der Waals surface area (Å²) >= 11 is 0. The van der Waals surface area contributed by atoms with Crippen molar-refractivity contribution >= 4 is 6.41 Å². The van der Waals surface area contributed by atoms with E-state index in [-0.39, 0.29) is 13.0 Å². The molecule has 1 amide bonds. The number of primary amides is 1. The van der Waals surface area contributed by atoms with Gasteiger partial charge in [-0.2, -0.15) is 0 Å². The van der Waals surface area contributed by atoms with Gasteiger partial charge in [-0.05, 0) is 25.3 Å². The van der Waals surface area contributed by atoms with Crippen LogP contribution in [-0.4, -0.2) is 18.1 Å². The standard InChI is InChI=1S/C10H14O.CH3NO/c1-9-4-2-5-10(8-9)6-3-7-11;2-1-3/h2,4-5,8,11H,3,6-7H2,1H3;1H,(H2,2,3). The third-order valence-electron chi connectivity index (χ3n) is 1.71. The van der Waals surface area contributed by atoms with Gasteiger partial charge in [0.05, 0.1) is 0 Å². The van der Waals surface area contributed by atoms with Gasteiger partial charge in [-0.15, -0.1) is 0 Å². The maximum absolute atomic E-state index is 8.60. The highest BCUT2D eigenvalue weighted by Gasteiger charge is 1.91. The fourth-order valence-corrected chi connectivity index (χ4v) is 1.15. The lowest BCUT2D eigenvalue weighted by atomic mass is 10.1. The highest BCUT2D eigenvalue weighted by molar-refractivity contribution is 5.42. The highest BCUT2D eigenvalue weighted by atomic mass is 16.2. The second kappa shape index (κ2) is 8.26. The molecule has 1 aromatic rings. The Labute approximate surface area is 84.6 Å². The largest absolute Gasteiger partial charge is 0.396 e. The number of carbonyl (C=O) groups is 1. The van der Waals surface area contributed by atoms with E-state index in [1.807, 2.05) is 0 Å². The van der Waals surface area contributed by atoms with Gasteiger partial charge in [0.1, 0.15) is 0 Å². The second-order valence-corrected chi connectivity index (χ2v) is 2.95. The van der Waals surface area contributed by atoms with Gasteiger partial charge < -0.3 is 10.8 Å².